The van der Waals surface area contributed by atoms with Crippen LogP contribution in [0.1, 0.15) is 16.0 Å². The van der Waals surface area contributed by atoms with E-state index < -0.39 is 9.04 Å². The summed E-state index contributed by atoms with van der Waals surface area (Å²) in [7, 11) is -0.850. The van der Waals surface area contributed by atoms with Gasteiger partial charge in [0.25, 0.3) is 9.04 Å². The average molecular weight is 351 g/mol. The number of thiophene rings is 1. The molecule has 1 radical (unpaired) electrons. The Balaban J connectivity index is 2.14. The number of para-hydroxylation sites is 1. The molecule has 0 aliphatic heterocycles. The van der Waals surface area contributed by atoms with E-state index in [1.54, 1.807) is 11.3 Å². The van der Waals surface area contributed by atoms with Crippen LogP contribution in [0.5, 0.6) is 5.75 Å². The lowest BCUT2D eigenvalue weighted by molar-refractivity contribution is 0.577. The molecule has 0 N–H and O–H groups in total. The van der Waals surface area contributed by atoms with Gasteiger partial charge in [-0.15, -0.1) is 11.3 Å². The molecule has 1 aromatic heterocycles. The Morgan fingerprint density at radius 2 is 1.75 bits per heavy atom. The maximum Gasteiger partial charge on any atom is 0.274 e. The summed E-state index contributed by atoms with van der Waals surface area (Å²) in [6.45, 7) is 6.36. The van der Waals surface area contributed by atoms with E-state index in [1.165, 1.54) is 0 Å². The molecule has 0 bridgehead atoms. The van der Waals surface area contributed by atoms with E-state index in [9.17, 15) is 0 Å². The first-order chi connectivity index (χ1) is 11.6. The highest BCUT2D eigenvalue weighted by Gasteiger charge is 2.13. The Bertz CT molecular complexity index is 826. The number of rotatable bonds is 5. The van der Waals surface area contributed by atoms with Gasteiger partial charge >= 0.3 is 0 Å². The zero-order valence-electron chi connectivity index (χ0n) is 14.1. The average Bonchev–Trinajstić information content (AvgIpc) is 3.10. The van der Waals surface area contributed by atoms with Gasteiger partial charge in [0, 0.05) is 5.56 Å². The highest BCUT2D eigenvalue weighted by molar-refractivity contribution is 7.12. The largest absolute Gasteiger partial charge is 0.541 e. The zero-order chi connectivity index (χ0) is 16.9. The standard InChI is InChI=1S/C20H20NOSSi/c1-15-9-7-12-17(20(15)22-24(2)3)21-19(18-13-8-14-23-18)16-10-5-4-6-11-16/h4-14H,1-3H3. The van der Waals surface area contributed by atoms with Gasteiger partial charge in [-0.1, -0.05) is 48.5 Å². The fourth-order valence-electron chi connectivity index (χ4n) is 2.45. The van der Waals surface area contributed by atoms with Gasteiger partial charge in [0.15, 0.2) is 0 Å². The third-order valence-electron chi connectivity index (χ3n) is 3.53. The first kappa shape index (κ1) is 16.7. The van der Waals surface area contributed by atoms with E-state index in [-0.39, 0.29) is 0 Å². The molecule has 0 atom stereocenters. The smallest absolute Gasteiger partial charge is 0.274 e. The predicted molar refractivity (Wildman–Crippen MR) is 105 cm³/mol. The maximum absolute atomic E-state index is 6.13. The molecule has 0 saturated heterocycles. The summed E-state index contributed by atoms with van der Waals surface area (Å²) in [5.74, 6) is 0.904. The summed E-state index contributed by atoms with van der Waals surface area (Å²) >= 11 is 1.70. The van der Waals surface area contributed by atoms with Crippen molar-refractivity contribution in [2.75, 3.05) is 0 Å². The van der Waals surface area contributed by atoms with E-state index in [2.05, 4.69) is 55.7 Å². The lowest BCUT2D eigenvalue weighted by Gasteiger charge is -2.15. The van der Waals surface area contributed by atoms with Crippen molar-refractivity contribution in [3.63, 3.8) is 0 Å². The Hall–Kier alpha value is -2.17. The second-order valence-corrected chi connectivity index (χ2v) is 8.71. The molecule has 0 amide bonds. The Morgan fingerprint density at radius 1 is 0.958 bits per heavy atom. The van der Waals surface area contributed by atoms with Crippen LogP contribution in [0.3, 0.4) is 0 Å². The molecule has 1 heterocycles. The van der Waals surface area contributed by atoms with Crippen LogP contribution in [-0.4, -0.2) is 14.8 Å². The molecule has 0 aliphatic rings. The molecule has 0 spiro atoms. The number of hydrogen-bond donors (Lipinski definition) is 0. The predicted octanol–water partition coefficient (Wildman–Crippen LogP) is 5.86. The summed E-state index contributed by atoms with van der Waals surface area (Å²) in [6.07, 6.45) is 0. The highest BCUT2D eigenvalue weighted by Crippen LogP contribution is 2.33. The van der Waals surface area contributed by atoms with Crippen LogP contribution in [0.25, 0.3) is 0 Å². The molecule has 121 valence electrons. The Morgan fingerprint density at radius 3 is 2.42 bits per heavy atom. The van der Waals surface area contributed by atoms with Crippen molar-refractivity contribution in [3.05, 3.63) is 82.0 Å². The van der Waals surface area contributed by atoms with Crippen LogP contribution in [0.4, 0.5) is 5.69 Å². The van der Waals surface area contributed by atoms with Gasteiger partial charge in [0.1, 0.15) is 11.4 Å². The normalized spacial score (nSPS) is 11.8. The lowest BCUT2D eigenvalue weighted by atomic mass is 10.1. The van der Waals surface area contributed by atoms with Gasteiger partial charge in [0.05, 0.1) is 10.6 Å². The molecule has 3 aromatic rings. The Labute approximate surface area is 149 Å². The summed E-state index contributed by atoms with van der Waals surface area (Å²) < 4.78 is 6.13. The van der Waals surface area contributed by atoms with Crippen LogP contribution in [0.15, 0.2) is 71.0 Å². The van der Waals surface area contributed by atoms with Crippen molar-refractivity contribution in [2.24, 2.45) is 4.99 Å². The van der Waals surface area contributed by atoms with Crippen LogP contribution in [0, 0.1) is 6.92 Å². The van der Waals surface area contributed by atoms with Gasteiger partial charge in [-0.2, -0.15) is 0 Å². The van der Waals surface area contributed by atoms with E-state index >= 15 is 0 Å². The van der Waals surface area contributed by atoms with Gasteiger partial charge in [0.2, 0.25) is 0 Å². The SMILES string of the molecule is Cc1cccc(N=C(c2ccccc2)c2cccs2)c1O[Si](C)C. The Kier molecular flexibility index (Phi) is 5.28. The summed E-state index contributed by atoms with van der Waals surface area (Å²) in [5, 5.41) is 2.08. The molecule has 0 fully saturated rings. The topological polar surface area (TPSA) is 21.6 Å². The number of nitrogens with zero attached hydrogens (tertiary/aromatic N) is 1. The molecular formula is C20H20NOSSi. The number of benzene rings is 2. The van der Waals surface area contributed by atoms with Gasteiger partial charge in [-0.3, -0.25) is 0 Å². The minimum Gasteiger partial charge on any atom is -0.541 e. The summed E-state index contributed by atoms with van der Waals surface area (Å²) in [5.41, 5.74) is 4.13. The molecule has 0 unspecified atom stereocenters. The van der Waals surface area contributed by atoms with Gasteiger partial charge in [-0.05, 0) is 43.1 Å². The summed E-state index contributed by atoms with van der Waals surface area (Å²) in [6, 6.07) is 20.6. The fraction of sp³-hybridized carbons (Fsp3) is 0.150. The number of aliphatic imine (C=N–C) groups is 1. The van der Waals surface area contributed by atoms with Crippen molar-refractivity contribution < 1.29 is 4.43 Å². The van der Waals surface area contributed by atoms with E-state index in [1.807, 2.05) is 30.3 Å². The zero-order valence-corrected chi connectivity index (χ0v) is 15.9. The maximum atomic E-state index is 6.13. The second kappa shape index (κ2) is 7.60. The van der Waals surface area contributed by atoms with Crippen LogP contribution in [-0.2, 0) is 0 Å². The highest BCUT2D eigenvalue weighted by atomic mass is 32.1. The third-order valence-corrected chi connectivity index (χ3v) is 5.02. The van der Waals surface area contributed by atoms with Crippen molar-refractivity contribution in [2.45, 2.75) is 20.0 Å². The molecule has 0 saturated carbocycles. The van der Waals surface area contributed by atoms with Crippen molar-refractivity contribution in [1.82, 2.24) is 0 Å². The third kappa shape index (κ3) is 3.83. The first-order valence-electron chi connectivity index (χ1n) is 7.91. The molecule has 2 nitrogen and oxygen atoms in total. The molecule has 24 heavy (non-hydrogen) atoms. The van der Waals surface area contributed by atoms with Gasteiger partial charge in [-0.25, -0.2) is 4.99 Å². The monoisotopic (exact) mass is 350 g/mol. The molecule has 4 heteroatoms. The van der Waals surface area contributed by atoms with Gasteiger partial charge < -0.3 is 4.43 Å². The number of hydrogen-bond acceptors (Lipinski definition) is 3. The van der Waals surface area contributed by atoms with Crippen molar-refractivity contribution >= 4 is 31.8 Å². The molecule has 0 aliphatic carbocycles. The van der Waals surface area contributed by atoms with E-state index in [0.717, 1.165) is 33.2 Å². The van der Waals surface area contributed by atoms with Crippen LogP contribution < -0.4 is 4.43 Å². The molecular weight excluding hydrogens is 330 g/mol. The molecule has 2 aromatic carbocycles. The van der Waals surface area contributed by atoms with E-state index in [4.69, 9.17) is 9.42 Å². The minimum atomic E-state index is -0.850. The minimum absolute atomic E-state index is 0.850. The quantitative estimate of drug-likeness (QED) is 0.417. The molecule has 3 rings (SSSR count). The fourth-order valence-corrected chi connectivity index (χ4v) is 3.86. The lowest BCUT2D eigenvalue weighted by Crippen LogP contribution is -2.12. The first-order valence-corrected chi connectivity index (χ1v) is 11.2. The summed E-state index contributed by atoms with van der Waals surface area (Å²) in [4.78, 5) is 6.16. The van der Waals surface area contributed by atoms with Crippen molar-refractivity contribution in [1.29, 1.82) is 0 Å². The second-order valence-electron chi connectivity index (χ2n) is 5.74. The van der Waals surface area contributed by atoms with Crippen LogP contribution in [0.2, 0.25) is 13.1 Å². The van der Waals surface area contributed by atoms with Crippen LogP contribution >= 0.6 is 11.3 Å². The van der Waals surface area contributed by atoms with Crippen molar-refractivity contribution in [3.8, 4) is 5.75 Å². The number of aryl methyl sites for hydroxylation is 1. The van der Waals surface area contributed by atoms with E-state index in [0.29, 0.717) is 0 Å².